The molecule has 1 aromatic heterocycles. The molecule has 1 saturated heterocycles. The summed E-state index contributed by atoms with van der Waals surface area (Å²) in [7, 11) is 0. The van der Waals surface area contributed by atoms with E-state index in [4.69, 9.17) is 0 Å². The van der Waals surface area contributed by atoms with E-state index >= 15 is 0 Å². The third-order valence-corrected chi connectivity index (χ3v) is 4.46. The zero-order valence-electron chi connectivity index (χ0n) is 10.7. The Hall–Kier alpha value is -1.20. The zero-order chi connectivity index (χ0) is 13.5. The second-order valence-electron chi connectivity index (χ2n) is 5.23. The minimum absolute atomic E-state index is 0.0439. The Labute approximate surface area is 120 Å². The highest BCUT2D eigenvalue weighted by Gasteiger charge is 2.33. The Morgan fingerprint density at radius 2 is 2.32 bits per heavy atom. The maximum absolute atomic E-state index is 13.5. The van der Waals surface area contributed by atoms with Crippen LogP contribution in [-0.2, 0) is 5.41 Å². The molecule has 1 aliphatic rings. The van der Waals surface area contributed by atoms with Gasteiger partial charge in [-0.05, 0) is 47.1 Å². The molecule has 1 N–H and O–H groups in total. The molecule has 5 heteroatoms. The lowest BCUT2D eigenvalue weighted by Crippen LogP contribution is -2.27. The van der Waals surface area contributed by atoms with Gasteiger partial charge in [-0.25, -0.2) is 9.37 Å². The van der Waals surface area contributed by atoms with Crippen molar-refractivity contribution in [1.29, 1.82) is 0 Å². The molecule has 100 valence electrons. The van der Waals surface area contributed by atoms with Crippen molar-refractivity contribution in [3.63, 3.8) is 0 Å². The standard InChI is InChI=1S/C14H15BrFN3/c1-14(4-5-17-8-14)13-7-18-9-19(13)12-6-10(16)2-3-11(12)15/h2-3,6-7,9,17H,4-5,8H2,1H3. The summed E-state index contributed by atoms with van der Waals surface area (Å²) in [6.07, 6.45) is 4.69. The highest BCUT2D eigenvalue weighted by molar-refractivity contribution is 9.10. The van der Waals surface area contributed by atoms with Gasteiger partial charge in [0.2, 0.25) is 0 Å². The molecule has 1 aromatic carbocycles. The molecule has 1 atom stereocenters. The number of nitrogens with zero attached hydrogens (tertiary/aromatic N) is 2. The van der Waals surface area contributed by atoms with Crippen molar-refractivity contribution in [1.82, 2.24) is 14.9 Å². The minimum atomic E-state index is -0.243. The summed E-state index contributed by atoms with van der Waals surface area (Å²) < 4.78 is 16.3. The summed E-state index contributed by atoms with van der Waals surface area (Å²) in [5.74, 6) is -0.243. The van der Waals surface area contributed by atoms with Crippen LogP contribution in [0.15, 0.2) is 35.2 Å². The number of nitrogens with one attached hydrogen (secondary N) is 1. The van der Waals surface area contributed by atoms with Gasteiger partial charge in [-0.2, -0.15) is 0 Å². The Morgan fingerprint density at radius 3 is 3.05 bits per heavy atom. The lowest BCUT2D eigenvalue weighted by molar-refractivity contribution is 0.498. The maximum Gasteiger partial charge on any atom is 0.125 e. The van der Waals surface area contributed by atoms with Crippen molar-refractivity contribution < 1.29 is 4.39 Å². The summed E-state index contributed by atoms with van der Waals surface area (Å²) in [5.41, 5.74) is 1.95. The van der Waals surface area contributed by atoms with Crippen molar-refractivity contribution >= 4 is 15.9 Å². The predicted octanol–water partition coefficient (Wildman–Crippen LogP) is 3.02. The van der Waals surface area contributed by atoms with Crippen LogP contribution in [0.2, 0.25) is 0 Å². The number of benzene rings is 1. The van der Waals surface area contributed by atoms with E-state index in [1.807, 2.05) is 10.8 Å². The van der Waals surface area contributed by atoms with E-state index in [1.54, 1.807) is 12.4 Å². The predicted molar refractivity (Wildman–Crippen MR) is 76.1 cm³/mol. The highest BCUT2D eigenvalue weighted by Crippen LogP contribution is 2.33. The fraction of sp³-hybridized carbons (Fsp3) is 0.357. The van der Waals surface area contributed by atoms with Gasteiger partial charge in [0.15, 0.2) is 0 Å². The van der Waals surface area contributed by atoms with Gasteiger partial charge in [-0.1, -0.05) is 6.92 Å². The molecule has 3 nitrogen and oxygen atoms in total. The smallest absolute Gasteiger partial charge is 0.125 e. The second kappa shape index (κ2) is 4.72. The monoisotopic (exact) mass is 323 g/mol. The highest BCUT2D eigenvalue weighted by atomic mass is 79.9. The van der Waals surface area contributed by atoms with Crippen LogP contribution in [0, 0.1) is 5.82 Å². The molecule has 0 radical (unpaired) electrons. The van der Waals surface area contributed by atoms with E-state index in [0.717, 1.165) is 35.4 Å². The van der Waals surface area contributed by atoms with Crippen LogP contribution < -0.4 is 5.32 Å². The van der Waals surface area contributed by atoms with Crippen LogP contribution >= 0.6 is 15.9 Å². The van der Waals surface area contributed by atoms with Crippen LogP contribution in [-0.4, -0.2) is 22.6 Å². The van der Waals surface area contributed by atoms with Gasteiger partial charge >= 0.3 is 0 Å². The number of halogens is 2. The molecule has 2 heterocycles. The van der Waals surface area contributed by atoms with Gasteiger partial charge in [0, 0.05) is 28.3 Å². The van der Waals surface area contributed by atoms with E-state index < -0.39 is 0 Å². The molecule has 1 fully saturated rings. The van der Waals surface area contributed by atoms with Crippen molar-refractivity contribution in [2.45, 2.75) is 18.8 Å². The number of imidazole rings is 1. The van der Waals surface area contributed by atoms with Crippen molar-refractivity contribution in [2.75, 3.05) is 13.1 Å². The first kappa shape index (κ1) is 12.8. The number of rotatable bonds is 2. The largest absolute Gasteiger partial charge is 0.316 e. The number of hydrogen-bond acceptors (Lipinski definition) is 2. The molecular weight excluding hydrogens is 309 g/mol. The van der Waals surface area contributed by atoms with E-state index in [0.29, 0.717) is 0 Å². The quantitative estimate of drug-likeness (QED) is 0.920. The summed E-state index contributed by atoms with van der Waals surface area (Å²) >= 11 is 3.48. The lowest BCUT2D eigenvalue weighted by atomic mass is 9.86. The average Bonchev–Trinajstić information content (AvgIpc) is 3.01. The number of aromatic nitrogens is 2. The van der Waals surface area contributed by atoms with Crippen LogP contribution in [0.4, 0.5) is 4.39 Å². The van der Waals surface area contributed by atoms with Gasteiger partial charge in [0.05, 0.1) is 12.0 Å². The molecule has 2 aromatic rings. The Bertz CT molecular complexity index is 602. The molecule has 1 aliphatic heterocycles. The zero-order valence-corrected chi connectivity index (χ0v) is 12.2. The fourth-order valence-electron chi connectivity index (χ4n) is 2.64. The topological polar surface area (TPSA) is 29.9 Å². The first-order valence-corrected chi connectivity index (χ1v) is 7.08. The van der Waals surface area contributed by atoms with Crippen molar-refractivity contribution in [3.8, 4) is 5.69 Å². The second-order valence-corrected chi connectivity index (χ2v) is 6.09. The first-order valence-electron chi connectivity index (χ1n) is 6.29. The fourth-order valence-corrected chi connectivity index (χ4v) is 3.08. The van der Waals surface area contributed by atoms with Crippen molar-refractivity contribution in [2.24, 2.45) is 0 Å². The first-order chi connectivity index (χ1) is 9.10. The van der Waals surface area contributed by atoms with Gasteiger partial charge in [0.1, 0.15) is 5.82 Å². The summed E-state index contributed by atoms with van der Waals surface area (Å²) in [5, 5.41) is 3.38. The maximum atomic E-state index is 13.5. The molecule has 1 unspecified atom stereocenters. The SMILES string of the molecule is CC1(c2cncn2-c2cc(F)ccc2Br)CCNC1. The third-order valence-electron chi connectivity index (χ3n) is 3.79. The third kappa shape index (κ3) is 2.21. The Kier molecular flexibility index (Phi) is 3.19. The van der Waals surface area contributed by atoms with E-state index in [2.05, 4.69) is 33.2 Å². The van der Waals surface area contributed by atoms with E-state index in [1.165, 1.54) is 12.1 Å². The van der Waals surface area contributed by atoms with E-state index in [9.17, 15) is 4.39 Å². The summed E-state index contributed by atoms with van der Waals surface area (Å²) in [6.45, 7) is 4.14. The van der Waals surface area contributed by atoms with Gasteiger partial charge in [0.25, 0.3) is 0 Å². The van der Waals surface area contributed by atoms with Crippen molar-refractivity contribution in [3.05, 3.63) is 46.7 Å². The molecule has 0 amide bonds. The normalized spacial score (nSPS) is 22.9. The van der Waals surface area contributed by atoms with Crippen LogP contribution in [0.25, 0.3) is 5.69 Å². The minimum Gasteiger partial charge on any atom is -0.316 e. The molecule has 0 bridgehead atoms. The van der Waals surface area contributed by atoms with Crippen LogP contribution in [0.1, 0.15) is 19.0 Å². The molecule has 0 saturated carbocycles. The summed E-state index contributed by atoms with van der Waals surface area (Å²) in [4.78, 5) is 4.25. The molecule has 19 heavy (non-hydrogen) atoms. The van der Waals surface area contributed by atoms with Gasteiger partial charge in [-0.3, -0.25) is 0 Å². The Morgan fingerprint density at radius 1 is 1.47 bits per heavy atom. The van der Waals surface area contributed by atoms with Crippen LogP contribution in [0.5, 0.6) is 0 Å². The van der Waals surface area contributed by atoms with Gasteiger partial charge in [-0.15, -0.1) is 0 Å². The number of hydrogen-bond donors (Lipinski definition) is 1. The Balaban J connectivity index is 2.12. The molecule has 0 aliphatic carbocycles. The van der Waals surface area contributed by atoms with Gasteiger partial charge < -0.3 is 9.88 Å². The average molecular weight is 324 g/mol. The molecule has 3 rings (SSSR count). The molecule has 0 spiro atoms. The summed E-state index contributed by atoms with van der Waals surface area (Å²) in [6, 6.07) is 4.70. The van der Waals surface area contributed by atoms with E-state index in [-0.39, 0.29) is 11.2 Å². The van der Waals surface area contributed by atoms with Crippen LogP contribution in [0.3, 0.4) is 0 Å². The lowest BCUT2D eigenvalue weighted by Gasteiger charge is -2.24. The molecular formula is C14H15BrFN3.